The number of alkyl halides is 3. The van der Waals surface area contributed by atoms with Crippen LogP contribution in [0.3, 0.4) is 0 Å². The lowest BCUT2D eigenvalue weighted by molar-refractivity contribution is -0.274. The Morgan fingerprint density at radius 1 is 1.19 bits per heavy atom. The third-order valence-corrected chi connectivity index (χ3v) is 3.96. The van der Waals surface area contributed by atoms with Crippen molar-refractivity contribution >= 4 is 0 Å². The summed E-state index contributed by atoms with van der Waals surface area (Å²) in [5.74, 6) is 0.399. The molecule has 1 fully saturated rings. The lowest BCUT2D eigenvalue weighted by Gasteiger charge is -2.28. The van der Waals surface area contributed by atoms with Gasteiger partial charge >= 0.3 is 6.36 Å². The fraction of sp³-hybridized carbons (Fsp3) is 0.600. The molecule has 6 heteroatoms. The summed E-state index contributed by atoms with van der Waals surface area (Å²) < 4.78 is 45.8. The minimum absolute atomic E-state index is 0.222. The van der Waals surface area contributed by atoms with Crippen molar-refractivity contribution in [2.45, 2.75) is 44.5 Å². The van der Waals surface area contributed by atoms with Crippen molar-refractivity contribution in [3.8, 4) is 11.5 Å². The van der Waals surface area contributed by atoms with E-state index >= 15 is 0 Å². The monoisotopic (exact) mass is 303 g/mol. The van der Waals surface area contributed by atoms with Crippen molar-refractivity contribution in [3.05, 3.63) is 23.8 Å². The topological polar surface area (TPSA) is 44.5 Å². The second-order valence-corrected chi connectivity index (χ2v) is 5.38. The van der Waals surface area contributed by atoms with Gasteiger partial charge < -0.3 is 15.2 Å². The number of benzene rings is 1. The molecule has 0 amide bonds. The zero-order valence-electron chi connectivity index (χ0n) is 12.0. The van der Waals surface area contributed by atoms with Crippen LogP contribution in [0.5, 0.6) is 11.5 Å². The van der Waals surface area contributed by atoms with Gasteiger partial charge in [-0.05, 0) is 24.8 Å². The summed E-state index contributed by atoms with van der Waals surface area (Å²) in [5, 5.41) is 0. The second-order valence-electron chi connectivity index (χ2n) is 5.38. The molecule has 0 heterocycles. The van der Waals surface area contributed by atoms with Crippen LogP contribution in [0.15, 0.2) is 18.2 Å². The molecule has 3 nitrogen and oxygen atoms in total. The molecular weight excluding hydrogens is 283 g/mol. The van der Waals surface area contributed by atoms with Gasteiger partial charge in [0.25, 0.3) is 0 Å². The third kappa shape index (κ3) is 4.27. The third-order valence-electron chi connectivity index (χ3n) is 3.96. The van der Waals surface area contributed by atoms with Crippen LogP contribution in [0.25, 0.3) is 0 Å². The quantitative estimate of drug-likeness (QED) is 0.907. The van der Waals surface area contributed by atoms with Crippen molar-refractivity contribution < 1.29 is 22.6 Å². The standard InChI is InChI=1S/C15H20F3NO2/c1-20-13-9-11(21-15(16,17)18)7-8-12(13)14(19)10-5-3-2-4-6-10/h7-10,14H,2-6,19H2,1H3/t14-/m0/s1. The van der Waals surface area contributed by atoms with Gasteiger partial charge in [-0.15, -0.1) is 13.2 Å². The van der Waals surface area contributed by atoms with Crippen LogP contribution in [-0.2, 0) is 0 Å². The number of methoxy groups -OCH3 is 1. The van der Waals surface area contributed by atoms with Crippen molar-refractivity contribution in [3.63, 3.8) is 0 Å². The summed E-state index contributed by atoms with van der Waals surface area (Å²) in [6, 6.07) is 3.87. The average Bonchev–Trinajstić information content (AvgIpc) is 2.45. The van der Waals surface area contributed by atoms with Crippen LogP contribution >= 0.6 is 0 Å². The van der Waals surface area contributed by atoms with E-state index in [4.69, 9.17) is 10.5 Å². The van der Waals surface area contributed by atoms with E-state index in [-0.39, 0.29) is 11.8 Å². The fourth-order valence-corrected chi connectivity index (χ4v) is 2.91. The Bertz CT molecular complexity index is 470. The first-order valence-electron chi connectivity index (χ1n) is 7.10. The summed E-state index contributed by atoms with van der Waals surface area (Å²) in [4.78, 5) is 0. The highest BCUT2D eigenvalue weighted by atomic mass is 19.4. The zero-order valence-corrected chi connectivity index (χ0v) is 12.0. The van der Waals surface area contributed by atoms with Crippen molar-refractivity contribution in [1.29, 1.82) is 0 Å². The van der Waals surface area contributed by atoms with Gasteiger partial charge in [-0.3, -0.25) is 0 Å². The second kappa shape index (κ2) is 6.56. The highest BCUT2D eigenvalue weighted by molar-refractivity contribution is 5.42. The Hall–Kier alpha value is -1.43. The molecule has 1 aromatic rings. The van der Waals surface area contributed by atoms with E-state index in [0.717, 1.165) is 31.2 Å². The van der Waals surface area contributed by atoms with E-state index in [0.29, 0.717) is 11.7 Å². The Balaban J connectivity index is 2.19. The van der Waals surface area contributed by atoms with E-state index in [1.165, 1.54) is 25.7 Å². The molecule has 0 unspecified atom stereocenters. The molecule has 1 saturated carbocycles. The van der Waals surface area contributed by atoms with Crippen molar-refractivity contribution in [2.24, 2.45) is 11.7 Å². The first-order chi connectivity index (χ1) is 9.90. The molecule has 1 atom stereocenters. The molecule has 0 spiro atoms. The Morgan fingerprint density at radius 3 is 2.43 bits per heavy atom. The first kappa shape index (κ1) is 15.9. The van der Waals surface area contributed by atoms with E-state index in [9.17, 15) is 13.2 Å². The molecule has 1 aromatic carbocycles. The Labute approximate surface area is 122 Å². The van der Waals surface area contributed by atoms with E-state index < -0.39 is 6.36 Å². The van der Waals surface area contributed by atoms with E-state index in [1.807, 2.05) is 0 Å². The summed E-state index contributed by atoms with van der Waals surface area (Å²) in [5.41, 5.74) is 7.02. The lowest BCUT2D eigenvalue weighted by Crippen LogP contribution is -2.24. The fourth-order valence-electron chi connectivity index (χ4n) is 2.91. The maximum Gasteiger partial charge on any atom is 0.573 e. The molecule has 0 radical (unpaired) electrons. The lowest BCUT2D eigenvalue weighted by atomic mass is 9.81. The molecule has 2 rings (SSSR count). The largest absolute Gasteiger partial charge is 0.573 e. The average molecular weight is 303 g/mol. The summed E-state index contributed by atoms with van der Waals surface area (Å²) in [7, 11) is 1.42. The minimum Gasteiger partial charge on any atom is -0.496 e. The van der Waals surface area contributed by atoms with Gasteiger partial charge in [0, 0.05) is 17.7 Å². The zero-order chi connectivity index (χ0) is 15.5. The van der Waals surface area contributed by atoms with Gasteiger partial charge in [0.1, 0.15) is 11.5 Å². The number of rotatable bonds is 4. The molecule has 2 N–H and O–H groups in total. The van der Waals surface area contributed by atoms with Crippen LogP contribution in [0.1, 0.15) is 43.7 Å². The molecule has 0 bridgehead atoms. The van der Waals surface area contributed by atoms with E-state index in [2.05, 4.69) is 4.74 Å². The van der Waals surface area contributed by atoms with Gasteiger partial charge in [0.15, 0.2) is 0 Å². The van der Waals surface area contributed by atoms with Crippen molar-refractivity contribution in [1.82, 2.24) is 0 Å². The highest BCUT2D eigenvalue weighted by Crippen LogP contribution is 2.38. The normalized spacial score (nSPS) is 18.3. The van der Waals surface area contributed by atoms with Crippen LogP contribution < -0.4 is 15.2 Å². The summed E-state index contributed by atoms with van der Waals surface area (Å²) >= 11 is 0. The number of nitrogens with two attached hydrogens (primary N) is 1. The van der Waals surface area contributed by atoms with Crippen molar-refractivity contribution in [2.75, 3.05) is 7.11 Å². The number of hydrogen-bond donors (Lipinski definition) is 1. The molecular formula is C15H20F3NO2. The molecule has 118 valence electrons. The van der Waals surface area contributed by atoms with Gasteiger partial charge in [0.05, 0.1) is 7.11 Å². The van der Waals surface area contributed by atoms with Gasteiger partial charge in [-0.2, -0.15) is 0 Å². The summed E-state index contributed by atoms with van der Waals surface area (Å²) in [6.07, 6.45) is 0.902. The van der Waals surface area contributed by atoms with E-state index in [1.54, 1.807) is 6.07 Å². The number of hydrogen-bond acceptors (Lipinski definition) is 3. The maximum absolute atomic E-state index is 12.2. The molecule has 21 heavy (non-hydrogen) atoms. The predicted molar refractivity (Wildman–Crippen MR) is 73.2 cm³/mol. The highest BCUT2D eigenvalue weighted by Gasteiger charge is 2.32. The predicted octanol–water partition coefficient (Wildman–Crippen LogP) is 4.17. The smallest absolute Gasteiger partial charge is 0.496 e. The number of halogens is 3. The molecule has 0 aliphatic heterocycles. The summed E-state index contributed by atoms with van der Waals surface area (Å²) in [6.45, 7) is 0. The van der Waals surface area contributed by atoms with Crippen LogP contribution in [-0.4, -0.2) is 13.5 Å². The van der Waals surface area contributed by atoms with Gasteiger partial charge in [-0.1, -0.05) is 25.3 Å². The Morgan fingerprint density at radius 2 is 1.86 bits per heavy atom. The SMILES string of the molecule is COc1cc(OC(F)(F)F)ccc1[C@@H](N)C1CCCCC1. The molecule has 1 aliphatic carbocycles. The van der Waals surface area contributed by atoms with Gasteiger partial charge in [0.2, 0.25) is 0 Å². The van der Waals surface area contributed by atoms with Crippen LogP contribution in [0.4, 0.5) is 13.2 Å². The number of ether oxygens (including phenoxy) is 2. The van der Waals surface area contributed by atoms with Crippen LogP contribution in [0.2, 0.25) is 0 Å². The molecule has 0 aromatic heterocycles. The first-order valence-corrected chi connectivity index (χ1v) is 7.10. The Kier molecular flexibility index (Phi) is 4.98. The molecule has 1 aliphatic rings. The maximum atomic E-state index is 12.2. The minimum atomic E-state index is -4.71. The van der Waals surface area contributed by atoms with Gasteiger partial charge in [-0.25, -0.2) is 0 Å². The molecule has 0 saturated heterocycles. The van der Waals surface area contributed by atoms with Crippen LogP contribution in [0, 0.1) is 5.92 Å².